The molecule has 3 unspecified atom stereocenters. The molecule has 0 saturated heterocycles. The third-order valence-corrected chi connectivity index (χ3v) is 4.34. The molecule has 0 amide bonds. The van der Waals surface area contributed by atoms with Crippen LogP contribution in [0, 0.1) is 17.3 Å². The van der Waals surface area contributed by atoms with Crippen molar-refractivity contribution < 1.29 is 19.1 Å². The number of rotatable bonds is 5. The van der Waals surface area contributed by atoms with Crippen molar-refractivity contribution in [1.82, 2.24) is 0 Å². The monoisotopic (exact) mass is 342 g/mol. The van der Waals surface area contributed by atoms with Crippen molar-refractivity contribution >= 4 is 11.9 Å². The molecule has 0 aromatic carbocycles. The Morgan fingerprint density at radius 1 is 0.875 bits per heavy atom. The Labute approximate surface area is 149 Å². The quantitative estimate of drug-likeness (QED) is 0.511. The predicted octanol–water partition coefficient (Wildman–Crippen LogP) is 5.16. The van der Waals surface area contributed by atoms with Crippen molar-refractivity contribution in [2.45, 2.75) is 88.4 Å². The minimum Gasteiger partial charge on any atom is -0.459 e. The van der Waals surface area contributed by atoms with Crippen LogP contribution in [0.2, 0.25) is 0 Å². The number of hydrogen-bond acceptors (Lipinski definition) is 4. The Balaban J connectivity index is 0. The van der Waals surface area contributed by atoms with Crippen molar-refractivity contribution in [2.24, 2.45) is 17.3 Å². The second-order valence-corrected chi connectivity index (χ2v) is 7.73. The van der Waals surface area contributed by atoms with Crippen LogP contribution in [0.3, 0.4) is 0 Å². The molecule has 0 heterocycles. The van der Waals surface area contributed by atoms with Crippen LogP contribution < -0.4 is 0 Å². The van der Waals surface area contributed by atoms with E-state index in [0.29, 0.717) is 0 Å². The van der Waals surface area contributed by atoms with E-state index in [4.69, 9.17) is 9.47 Å². The molecule has 0 aromatic heterocycles. The van der Waals surface area contributed by atoms with Crippen LogP contribution in [-0.4, -0.2) is 24.1 Å². The molecule has 0 N–H and O–H groups in total. The third-order valence-electron chi connectivity index (χ3n) is 4.34. The van der Waals surface area contributed by atoms with Crippen molar-refractivity contribution in [3.05, 3.63) is 11.6 Å². The molecule has 142 valence electrons. The second kappa shape index (κ2) is 11.3. The van der Waals surface area contributed by atoms with Crippen LogP contribution in [0.25, 0.3) is 0 Å². The average molecular weight is 343 g/mol. The van der Waals surface area contributed by atoms with Crippen LogP contribution in [0.15, 0.2) is 11.6 Å². The lowest BCUT2D eigenvalue weighted by Gasteiger charge is -2.36. The zero-order valence-electron chi connectivity index (χ0n) is 17.5. The maximum absolute atomic E-state index is 11.1. The van der Waals surface area contributed by atoms with E-state index in [0.717, 1.165) is 5.92 Å². The molecule has 0 aliphatic rings. The largest absolute Gasteiger partial charge is 0.459 e. The Morgan fingerprint density at radius 2 is 1.29 bits per heavy atom. The van der Waals surface area contributed by atoms with Crippen LogP contribution in [-0.2, 0) is 19.1 Å². The number of allylic oxidation sites excluding steroid dienone is 2. The van der Waals surface area contributed by atoms with E-state index >= 15 is 0 Å². The summed E-state index contributed by atoms with van der Waals surface area (Å²) in [6, 6.07) is 0. The minimum absolute atomic E-state index is 0.0332. The highest BCUT2D eigenvalue weighted by atomic mass is 16.6. The van der Waals surface area contributed by atoms with E-state index in [1.807, 2.05) is 6.92 Å². The van der Waals surface area contributed by atoms with Gasteiger partial charge in [0.25, 0.3) is 0 Å². The molecule has 0 spiro atoms. The Morgan fingerprint density at radius 3 is 1.50 bits per heavy atom. The first-order valence-corrected chi connectivity index (χ1v) is 8.71. The molecule has 24 heavy (non-hydrogen) atoms. The van der Waals surface area contributed by atoms with Gasteiger partial charge in [0.05, 0.1) is 0 Å². The van der Waals surface area contributed by atoms with Gasteiger partial charge in [-0.15, -0.1) is 0 Å². The number of hydrogen-bond donors (Lipinski definition) is 0. The van der Waals surface area contributed by atoms with Gasteiger partial charge in [-0.05, 0) is 32.1 Å². The lowest BCUT2D eigenvalue weighted by molar-refractivity contribution is -0.171. The highest BCUT2D eigenvalue weighted by Crippen LogP contribution is 2.32. The SMILES string of the molecule is C/C=C(\C)C(C)C.CC(=O)OC(C)C(OC(C)=O)C(C)C(C)(C)C. The zero-order valence-corrected chi connectivity index (χ0v) is 17.5. The number of ether oxygens (including phenoxy) is 2. The van der Waals surface area contributed by atoms with Gasteiger partial charge in [-0.2, -0.15) is 0 Å². The van der Waals surface area contributed by atoms with E-state index in [1.165, 1.54) is 19.4 Å². The van der Waals surface area contributed by atoms with Crippen LogP contribution in [0.1, 0.15) is 76.2 Å². The Hall–Kier alpha value is -1.32. The van der Waals surface area contributed by atoms with Crippen LogP contribution >= 0.6 is 0 Å². The van der Waals surface area contributed by atoms with E-state index in [2.05, 4.69) is 54.5 Å². The first-order chi connectivity index (χ1) is 10.7. The normalized spacial score (nSPS) is 15.8. The topological polar surface area (TPSA) is 52.6 Å². The maximum atomic E-state index is 11.1. The number of carbonyl (C=O) groups is 2. The van der Waals surface area contributed by atoms with Gasteiger partial charge < -0.3 is 9.47 Å². The van der Waals surface area contributed by atoms with E-state index in [1.54, 1.807) is 6.92 Å². The van der Waals surface area contributed by atoms with Crippen molar-refractivity contribution in [3.8, 4) is 0 Å². The summed E-state index contributed by atoms with van der Waals surface area (Å²) in [4.78, 5) is 22.1. The van der Waals surface area contributed by atoms with Gasteiger partial charge in [-0.25, -0.2) is 0 Å². The zero-order chi connectivity index (χ0) is 19.7. The summed E-state index contributed by atoms with van der Waals surface area (Å²) in [7, 11) is 0. The summed E-state index contributed by atoms with van der Waals surface area (Å²) < 4.78 is 10.4. The van der Waals surface area contributed by atoms with Crippen molar-refractivity contribution in [1.29, 1.82) is 0 Å². The molecule has 0 aliphatic carbocycles. The number of esters is 2. The summed E-state index contributed by atoms with van der Waals surface area (Å²) >= 11 is 0. The van der Waals surface area contributed by atoms with Crippen molar-refractivity contribution in [3.63, 3.8) is 0 Å². The average Bonchev–Trinajstić information content (AvgIpc) is 2.41. The fraction of sp³-hybridized carbons (Fsp3) is 0.800. The van der Waals surface area contributed by atoms with Gasteiger partial charge in [-0.3, -0.25) is 9.59 Å². The molecule has 0 radical (unpaired) electrons. The first-order valence-electron chi connectivity index (χ1n) is 8.71. The van der Waals surface area contributed by atoms with Gasteiger partial charge >= 0.3 is 11.9 Å². The van der Waals surface area contributed by atoms with Gasteiger partial charge in [0.2, 0.25) is 0 Å². The first kappa shape index (κ1) is 24.9. The smallest absolute Gasteiger partial charge is 0.303 e. The Kier molecular flexibility index (Phi) is 11.7. The molecule has 0 rings (SSSR count). The van der Waals surface area contributed by atoms with Gasteiger partial charge in [-0.1, -0.05) is 53.2 Å². The van der Waals surface area contributed by atoms with Crippen LogP contribution in [0.4, 0.5) is 0 Å². The maximum Gasteiger partial charge on any atom is 0.303 e. The van der Waals surface area contributed by atoms with Gasteiger partial charge in [0.1, 0.15) is 12.2 Å². The summed E-state index contributed by atoms with van der Waals surface area (Å²) in [5.41, 5.74) is 1.44. The standard InChI is InChI=1S/C13H24O4.C7H14/c1-8(13(5,6)7)12(17-11(4)15)9(2)16-10(3)14;1-5-7(4)6(2)3/h8-9,12H,1-7H3;5-6H,1-4H3/b;7-5+. The van der Waals surface area contributed by atoms with E-state index < -0.39 is 12.2 Å². The summed E-state index contributed by atoms with van der Waals surface area (Å²) in [5, 5.41) is 0. The molecular formula is C20H38O4. The molecule has 0 saturated carbocycles. The van der Waals surface area contributed by atoms with Crippen molar-refractivity contribution in [2.75, 3.05) is 0 Å². The summed E-state index contributed by atoms with van der Waals surface area (Å²) in [5.74, 6) is 0.0895. The molecular weight excluding hydrogens is 304 g/mol. The second-order valence-electron chi connectivity index (χ2n) is 7.73. The molecule has 0 fully saturated rings. The number of carbonyl (C=O) groups excluding carboxylic acids is 2. The van der Waals surface area contributed by atoms with Gasteiger partial charge in [0.15, 0.2) is 0 Å². The highest BCUT2D eigenvalue weighted by Gasteiger charge is 2.35. The summed E-state index contributed by atoms with van der Waals surface area (Å²) in [6.07, 6.45) is 1.30. The minimum atomic E-state index is -0.439. The van der Waals surface area contributed by atoms with E-state index in [9.17, 15) is 9.59 Å². The fourth-order valence-electron chi connectivity index (χ4n) is 1.95. The van der Waals surface area contributed by atoms with Crippen LogP contribution in [0.5, 0.6) is 0 Å². The Bertz CT molecular complexity index is 416. The molecule has 0 bridgehead atoms. The molecule has 0 aliphatic heterocycles. The molecule has 4 nitrogen and oxygen atoms in total. The predicted molar refractivity (Wildman–Crippen MR) is 99.7 cm³/mol. The fourth-order valence-corrected chi connectivity index (χ4v) is 1.95. The lowest BCUT2D eigenvalue weighted by Crippen LogP contribution is -2.42. The summed E-state index contributed by atoms with van der Waals surface area (Å²) in [6.45, 7) is 21.3. The highest BCUT2D eigenvalue weighted by molar-refractivity contribution is 5.67. The molecule has 0 aromatic rings. The third kappa shape index (κ3) is 11.3. The lowest BCUT2D eigenvalue weighted by atomic mass is 9.77. The molecule has 3 atom stereocenters. The molecule has 4 heteroatoms. The van der Waals surface area contributed by atoms with E-state index in [-0.39, 0.29) is 23.3 Å². The van der Waals surface area contributed by atoms with Gasteiger partial charge in [0, 0.05) is 19.8 Å².